The SMILES string of the molecule is CC(c1ccc(-c2ccc(=O)[nH]n2)cc1)N1CCC(CC(C)(C)C#N)OC1=O. The molecule has 7 heteroatoms. The summed E-state index contributed by atoms with van der Waals surface area (Å²) in [7, 11) is 0. The summed E-state index contributed by atoms with van der Waals surface area (Å²) >= 11 is 0. The molecule has 1 amide bonds. The molecule has 1 aromatic heterocycles. The topological polar surface area (TPSA) is 99.1 Å². The minimum absolute atomic E-state index is 0.130. The standard InChI is InChI=1S/C21H24N4O3/c1-14(25-11-10-17(28-20(25)27)12-21(2,3)13-22)15-4-6-16(7-5-15)18-8-9-19(26)24-23-18/h4-9,14,17H,10-12H2,1-3H3,(H,24,26). The lowest BCUT2D eigenvalue weighted by molar-refractivity contribution is 0.000798. The number of nitrogens with zero attached hydrogens (tertiary/aromatic N) is 3. The Kier molecular flexibility index (Phi) is 5.50. The third kappa shape index (κ3) is 4.39. The van der Waals surface area contributed by atoms with Crippen LogP contribution in [0.2, 0.25) is 0 Å². The lowest BCUT2D eigenvalue weighted by Crippen LogP contribution is -2.44. The van der Waals surface area contributed by atoms with E-state index in [1.807, 2.05) is 45.0 Å². The highest BCUT2D eigenvalue weighted by molar-refractivity contribution is 5.69. The van der Waals surface area contributed by atoms with E-state index in [0.29, 0.717) is 25.1 Å². The predicted octanol–water partition coefficient (Wildman–Crippen LogP) is 3.65. The number of benzene rings is 1. The number of nitrogens with one attached hydrogen (secondary N) is 1. The highest BCUT2D eigenvalue weighted by atomic mass is 16.6. The van der Waals surface area contributed by atoms with Gasteiger partial charge >= 0.3 is 6.09 Å². The molecule has 3 rings (SSSR count). The molecule has 2 heterocycles. The zero-order chi connectivity index (χ0) is 20.3. The van der Waals surface area contributed by atoms with E-state index < -0.39 is 5.41 Å². The second-order valence-electron chi connectivity index (χ2n) is 7.79. The van der Waals surface area contributed by atoms with Crippen LogP contribution in [-0.4, -0.2) is 33.8 Å². The Morgan fingerprint density at radius 1 is 1.29 bits per heavy atom. The van der Waals surface area contributed by atoms with Crippen LogP contribution in [0.5, 0.6) is 0 Å². The maximum absolute atomic E-state index is 12.5. The second kappa shape index (κ2) is 7.85. The molecule has 2 unspecified atom stereocenters. The smallest absolute Gasteiger partial charge is 0.410 e. The summed E-state index contributed by atoms with van der Waals surface area (Å²) in [4.78, 5) is 25.3. The van der Waals surface area contributed by atoms with Gasteiger partial charge in [-0.2, -0.15) is 10.4 Å². The molecule has 1 N–H and O–H groups in total. The van der Waals surface area contributed by atoms with Crippen molar-refractivity contribution >= 4 is 6.09 Å². The van der Waals surface area contributed by atoms with Gasteiger partial charge in [-0.1, -0.05) is 24.3 Å². The summed E-state index contributed by atoms with van der Waals surface area (Å²) in [5, 5.41) is 15.6. The van der Waals surface area contributed by atoms with Gasteiger partial charge in [0.2, 0.25) is 0 Å². The molecular formula is C21H24N4O3. The Hall–Kier alpha value is -3.14. The fourth-order valence-electron chi connectivity index (χ4n) is 3.37. The fourth-order valence-corrected chi connectivity index (χ4v) is 3.37. The number of aromatic nitrogens is 2. The minimum atomic E-state index is -0.510. The summed E-state index contributed by atoms with van der Waals surface area (Å²) < 4.78 is 5.58. The number of H-pyrrole nitrogens is 1. The van der Waals surface area contributed by atoms with E-state index in [-0.39, 0.29) is 23.8 Å². The number of carbonyl (C=O) groups is 1. The Balaban J connectivity index is 1.66. The van der Waals surface area contributed by atoms with Crippen LogP contribution in [0, 0.1) is 16.7 Å². The van der Waals surface area contributed by atoms with Gasteiger partial charge < -0.3 is 9.64 Å². The summed E-state index contributed by atoms with van der Waals surface area (Å²) in [5.41, 5.74) is 1.80. The first-order valence-corrected chi connectivity index (χ1v) is 9.34. The van der Waals surface area contributed by atoms with Crippen molar-refractivity contribution in [1.29, 1.82) is 5.26 Å². The maximum atomic E-state index is 12.5. The van der Waals surface area contributed by atoms with E-state index in [2.05, 4.69) is 16.3 Å². The molecule has 2 aromatic rings. The van der Waals surface area contributed by atoms with Crippen molar-refractivity contribution < 1.29 is 9.53 Å². The van der Waals surface area contributed by atoms with Crippen LogP contribution in [-0.2, 0) is 4.74 Å². The number of nitriles is 1. The Morgan fingerprint density at radius 3 is 2.57 bits per heavy atom. The first kappa shape index (κ1) is 19.6. The summed E-state index contributed by atoms with van der Waals surface area (Å²) in [6.45, 7) is 6.27. The van der Waals surface area contributed by atoms with Crippen LogP contribution in [0.4, 0.5) is 4.79 Å². The van der Waals surface area contributed by atoms with Gasteiger partial charge in [0.15, 0.2) is 0 Å². The molecule has 1 aliphatic heterocycles. The van der Waals surface area contributed by atoms with E-state index in [1.165, 1.54) is 6.07 Å². The summed E-state index contributed by atoms with van der Waals surface area (Å²) in [5.74, 6) is 0. The van der Waals surface area contributed by atoms with E-state index in [4.69, 9.17) is 4.74 Å². The van der Waals surface area contributed by atoms with E-state index in [1.54, 1.807) is 11.0 Å². The number of rotatable bonds is 5. The zero-order valence-electron chi connectivity index (χ0n) is 16.3. The quantitative estimate of drug-likeness (QED) is 0.853. The third-order valence-electron chi connectivity index (χ3n) is 5.07. The van der Waals surface area contributed by atoms with E-state index in [9.17, 15) is 14.9 Å². The van der Waals surface area contributed by atoms with E-state index in [0.717, 1.165) is 11.1 Å². The molecule has 28 heavy (non-hydrogen) atoms. The normalized spacial score (nSPS) is 18.3. The molecule has 146 valence electrons. The highest BCUT2D eigenvalue weighted by Crippen LogP contribution is 2.31. The molecule has 0 aliphatic carbocycles. The number of cyclic esters (lactones) is 1. The predicted molar refractivity (Wildman–Crippen MR) is 104 cm³/mol. The Bertz CT molecular complexity index is 923. The number of hydrogen-bond donors (Lipinski definition) is 1. The number of ether oxygens (including phenoxy) is 1. The van der Waals surface area contributed by atoms with Crippen molar-refractivity contribution in [2.24, 2.45) is 5.41 Å². The molecule has 2 atom stereocenters. The number of hydrogen-bond acceptors (Lipinski definition) is 5. The summed E-state index contributed by atoms with van der Waals surface area (Å²) in [6, 6.07) is 13.0. The fraction of sp³-hybridized carbons (Fsp3) is 0.429. The molecule has 7 nitrogen and oxygen atoms in total. The number of aromatic amines is 1. The molecular weight excluding hydrogens is 356 g/mol. The van der Waals surface area contributed by atoms with Crippen LogP contribution in [0.1, 0.15) is 45.2 Å². The molecule has 0 bridgehead atoms. The molecule has 1 saturated heterocycles. The third-order valence-corrected chi connectivity index (χ3v) is 5.07. The molecule has 1 fully saturated rings. The largest absolute Gasteiger partial charge is 0.446 e. The van der Waals surface area contributed by atoms with Gasteiger partial charge in [-0.3, -0.25) is 4.79 Å². The molecule has 1 aliphatic rings. The van der Waals surface area contributed by atoms with Gasteiger partial charge in [0.25, 0.3) is 5.56 Å². The van der Waals surface area contributed by atoms with Crippen molar-refractivity contribution in [3.8, 4) is 17.3 Å². The molecule has 0 saturated carbocycles. The second-order valence-corrected chi connectivity index (χ2v) is 7.79. The Morgan fingerprint density at radius 2 is 2.00 bits per heavy atom. The van der Waals surface area contributed by atoms with Crippen molar-refractivity contribution in [2.75, 3.05) is 6.54 Å². The van der Waals surface area contributed by atoms with Gasteiger partial charge in [0, 0.05) is 31.0 Å². The van der Waals surface area contributed by atoms with Crippen molar-refractivity contribution in [3.63, 3.8) is 0 Å². The van der Waals surface area contributed by atoms with Crippen LogP contribution < -0.4 is 5.56 Å². The van der Waals surface area contributed by atoms with Crippen molar-refractivity contribution in [1.82, 2.24) is 15.1 Å². The van der Waals surface area contributed by atoms with Gasteiger partial charge in [0.1, 0.15) is 6.10 Å². The first-order valence-electron chi connectivity index (χ1n) is 9.34. The van der Waals surface area contributed by atoms with Gasteiger partial charge in [-0.05, 0) is 32.4 Å². The van der Waals surface area contributed by atoms with Crippen molar-refractivity contribution in [3.05, 3.63) is 52.3 Å². The molecule has 1 aromatic carbocycles. The van der Waals surface area contributed by atoms with Crippen LogP contribution in [0.25, 0.3) is 11.3 Å². The van der Waals surface area contributed by atoms with Gasteiger partial charge in [-0.25, -0.2) is 9.89 Å². The van der Waals surface area contributed by atoms with Crippen molar-refractivity contribution in [2.45, 2.75) is 45.8 Å². The number of carbonyl (C=O) groups excluding carboxylic acids is 1. The minimum Gasteiger partial charge on any atom is -0.446 e. The van der Waals surface area contributed by atoms with Gasteiger partial charge in [-0.15, -0.1) is 0 Å². The van der Waals surface area contributed by atoms with Crippen LogP contribution in [0.3, 0.4) is 0 Å². The Labute approximate surface area is 163 Å². The lowest BCUT2D eigenvalue weighted by atomic mass is 9.87. The maximum Gasteiger partial charge on any atom is 0.410 e. The lowest BCUT2D eigenvalue weighted by Gasteiger charge is -2.37. The first-order chi connectivity index (χ1) is 13.3. The average Bonchev–Trinajstić information content (AvgIpc) is 2.68. The van der Waals surface area contributed by atoms with Crippen LogP contribution >= 0.6 is 0 Å². The van der Waals surface area contributed by atoms with Gasteiger partial charge in [0.05, 0.1) is 23.2 Å². The average molecular weight is 380 g/mol. The zero-order valence-corrected chi connectivity index (χ0v) is 16.3. The number of amides is 1. The van der Waals surface area contributed by atoms with Crippen LogP contribution in [0.15, 0.2) is 41.2 Å². The highest BCUT2D eigenvalue weighted by Gasteiger charge is 2.34. The summed E-state index contributed by atoms with van der Waals surface area (Å²) in [6.07, 6.45) is 0.682. The molecule has 0 radical (unpaired) electrons. The molecule has 0 spiro atoms. The monoisotopic (exact) mass is 380 g/mol. The van der Waals surface area contributed by atoms with E-state index >= 15 is 0 Å².